The van der Waals surface area contributed by atoms with Gasteiger partial charge in [0.1, 0.15) is 5.78 Å². The van der Waals surface area contributed by atoms with Gasteiger partial charge in [0, 0.05) is 12.0 Å². The first-order chi connectivity index (χ1) is 18.4. The van der Waals surface area contributed by atoms with Gasteiger partial charge in [0.2, 0.25) is 0 Å². The number of rotatable bonds is 18. The summed E-state index contributed by atoms with van der Waals surface area (Å²) in [5, 5.41) is 0. The van der Waals surface area contributed by atoms with Crippen LogP contribution in [-0.2, 0) is 30.3 Å². The summed E-state index contributed by atoms with van der Waals surface area (Å²) in [7, 11) is 0. The van der Waals surface area contributed by atoms with Crippen molar-refractivity contribution in [2.45, 2.75) is 87.0 Å². The van der Waals surface area contributed by atoms with Gasteiger partial charge in [0.05, 0.1) is 19.1 Å². The van der Waals surface area contributed by atoms with Crippen LogP contribution in [0.5, 0.6) is 0 Å². The molecule has 0 aliphatic carbocycles. The molecule has 1 aromatic carbocycles. The maximum Gasteiger partial charge on any atom is 0.330 e. The molecule has 0 radical (unpaired) electrons. The van der Waals surface area contributed by atoms with Gasteiger partial charge in [0.25, 0.3) is 0 Å². The number of benzene rings is 1. The van der Waals surface area contributed by atoms with Crippen LogP contribution in [0, 0.1) is 22.7 Å². The van der Waals surface area contributed by atoms with Crippen LogP contribution in [0.25, 0.3) is 0 Å². The van der Waals surface area contributed by atoms with Crippen LogP contribution in [-0.4, -0.2) is 30.9 Å². The third-order valence-corrected chi connectivity index (χ3v) is 7.34. The second kappa shape index (κ2) is 16.9. The minimum Gasteiger partial charge on any atom is -0.465 e. The van der Waals surface area contributed by atoms with Crippen LogP contribution < -0.4 is 0 Å². The Labute approximate surface area is 236 Å². The lowest BCUT2D eigenvalue weighted by Gasteiger charge is -2.43. The van der Waals surface area contributed by atoms with Crippen molar-refractivity contribution >= 4 is 17.7 Å². The predicted molar refractivity (Wildman–Crippen MR) is 159 cm³/mol. The molecule has 1 aromatic rings. The fourth-order valence-electron chi connectivity index (χ4n) is 5.56. The molecule has 5 heteroatoms. The van der Waals surface area contributed by atoms with Gasteiger partial charge in [-0.15, -0.1) is 0 Å². The predicted octanol–water partition coefficient (Wildman–Crippen LogP) is 7.85. The fraction of sp³-hybridized carbons (Fsp3) is 0.559. The summed E-state index contributed by atoms with van der Waals surface area (Å²) in [6.07, 6.45) is 11.5. The molecule has 0 aliphatic rings. The zero-order valence-electron chi connectivity index (χ0n) is 25.3. The van der Waals surface area contributed by atoms with Gasteiger partial charge >= 0.3 is 11.9 Å². The van der Waals surface area contributed by atoms with Crippen molar-refractivity contribution in [2.75, 3.05) is 13.2 Å². The Kier molecular flexibility index (Phi) is 14.8. The van der Waals surface area contributed by atoms with Crippen molar-refractivity contribution in [2.24, 2.45) is 22.7 Å². The highest BCUT2D eigenvalue weighted by Crippen LogP contribution is 2.46. The summed E-state index contributed by atoms with van der Waals surface area (Å²) in [5.74, 6) is -1.07. The van der Waals surface area contributed by atoms with Gasteiger partial charge in [-0.2, -0.15) is 0 Å². The molecule has 0 aliphatic heterocycles. The molecule has 2 atom stereocenters. The summed E-state index contributed by atoms with van der Waals surface area (Å²) in [4.78, 5) is 37.6. The molecule has 2 unspecified atom stereocenters. The van der Waals surface area contributed by atoms with Crippen LogP contribution in [0.15, 0.2) is 66.8 Å². The van der Waals surface area contributed by atoms with Gasteiger partial charge in [-0.25, -0.2) is 4.79 Å². The van der Waals surface area contributed by atoms with Gasteiger partial charge in [-0.3, -0.25) is 9.59 Å². The zero-order valence-corrected chi connectivity index (χ0v) is 25.3. The summed E-state index contributed by atoms with van der Waals surface area (Å²) < 4.78 is 10.8. The van der Waals surface area contributed by atoms with Crippen LogP contribution >= 0.6 is 0 Å². The lowest BCUT2D eigenvalue weighted by atomic mass is 9.61. The second-order valence-corrected chi connectivity index (χ2v) is 11.7. The average Bonchev–Trinajstić information content (AvgIpc) is 2.87. The Morgan fingerprint density at radius 1 is 0.949 bits per heavy atom. The van der Waals surface area contributed by atoms with Crippen molar-refractivity contribution in [1.82, 2.24) is 0 Å². The molecule has 5 nitrogen and oxygen atoms in total. The molecule has 0 spiro atoms. The van der Waals surface area contributed by atoms with Gasteiger partial charge in [-0.1, -0.05) is 95.3 Å². The Bertz CT molecular complexity index is 984. The largest absolute Gasteiger partial charge is 0.465 e. The summed E-state index contributed by atoms with van der Waals surface area (Å²) in [5.41, 5.74) is 1.48. The number of allylic oxidation sites excluding steroid dienone is 4. The molecule has 39 heavy (non-hydrogen) atoms. The number of esters is 2. The highest BCUT2D eigenvalue weighted by atomic mass is 16.5. The molecule has 0 N–H and O–H groups in total. The molecule has 0 saturated heterocycles. The molecule has 0 fully saturated rings. The topological polar surface area (TPSA) is 69.7 Å². The molecular formula is C34H50O5. The minimum atomic E-state index is -0.453. The van der Waals surface area contributed by atoms with E-state index in [0.29, 0.717) is 32.1 Å². The van der Waals surface area contributed by atoms with Crippen molar-refractivity contribution in [1.29, 1.82) is 0 Å². The van der Waals surface area contributed by atoms with E-state index in [9.17, 15) is 14.4 Å². The number of hydrogen-bond acceptors (Lipinski definition) is 5. The fourth-order valence-corrected chi connectivity index (χ4v) is 5.56. The lowest BCUT2D eigenvalue weighted by molar-refractivity contribution is -0.154. The highest BCUT2D eigenvalue weighted by Gasteiger charge is 2.44. The van der Waals surface area contributed by atoms with Gasteiger partial charge < -0.3 is 9.47 Å². The number of ether oxygens (including phenoxy) is 2. The van der Waals surface area contributed by atoms with E-state index in [1.807, 2.05) is 43.3 Å². The van der Waals surface area contributed by atoms with Crippen LogP contribution in [0.4, 0.5) is 0 Å². The summed E-state index contributed by atoms with van der Waals surface area (Å²) in [6, 6.07) is 10.00. The molecule has 1 rings (SSSR count). The van der Waals surface area contributed by atoms with E-state index >= 15 is 0 Å². The number of unbranched alkanes of at least 4 members (excludes halogenated alkanes) is 1. The maximum atomic E-state index is 13.5. The standard InChI is InChI=1S/C34H50O5/c1-9-17-27(18-10-2)23-29(26(4)35)33(5,6)25-34(7,8)30(24-28-19-13-12-14-20-28)32(37)39-22-16-15-21-38-31(36)11-3/h9,11-14,17-20,29-30H,3,10,15-16,21-25H2,1-2,4-8H3/b17-9-,27-18+. The van der Waals surface area contributed by atoms with Gasteiger partial charge in [-0.05, 0) is 68.8 Å². The molecule has 0 aromatic heterocycles. The number of carbonyl (C=O) groups excluding carboxylic acids is 3. The second-order valence-electron chi connectivity index (χ2n) is 11.7. The molecule has 0 saturated carbocycles. The monoisotopic (exact) mass is 538 g/mol. The molecule has 0 amide bonds. The Hall–Kier alpha value is -2.95. The van der Waals surface area contributed by atoms with E-state index in [1.165, 1.54) is 5.57 Å². The number of hydrogen-bond donors (Lipinski definition) is 0. The molecule has 0 heterocycles. The van der Waals surface area contributed by atoms with Crippen molar-refractivity contribution in [3.8, 4) is 0 Å². The maximum absolute atomic E-state index is 13.5. The van der Waals surface area contributed by atoms with E-state index in [4.69, 9.17) is 9.47 Å². The first-order valence-corrected chi connectivity index (χ1v) is 14.2. The number of Topliss-reactive ketones (excluding diaryl/α,β-unsaturated/α-hetero) is 1. The van der Waals surface area contributed by atoms with Crippen molar-refractivity contribution in [3.05, 3.63) is 72.4 Å². The Morgan fingerprint density at radius 3 is 2.08 bits per heavy atom. The summed E-state index contributed by atoms with van der Waals surface area (Å²) in [6.45, 7) is 18.2. The first kappa shape index (κ1) is 34.1. The quantitative estimate of drug-likeness (QED) is 0.0824. The smallest absolute Gasteiger partial charge is 0.330 e. The van der Waals surface area contributed by atoms with Gasteiger partial charge in [0.15, 0.2) is 0 Å². The SMILES string of the molecule is C=CC(=O)OCCCCOC(=O)C(Cc1ccccc1)C(C)(C)CC(C)(C)C(CC(/C=C\C)=C/CC)C(C)=O. The molecule has 0 bridgehead atoms. The summed E-state index contributed by atoms with van der Waals surface area (Å²) >= 11 is 0. The van der Waals surface area contributed by atoms with E-state index in [0.717, 1.165) is 18.1 Å². The van der Waals surface area contributed by atoms with Crippen LogP contribution in [0.1, 0.15) is 86.1 Å². The number of carbonyl (C=O) groups is 3. The normalized spacial score (nSPS) is 14.1. The van der Waals surface area contributed by atoms with E-state index in [-0.39, 0.29) is 42.2 Å². The lowest BCUT2D eigenvalue weighted by Crippen LogP contribution is -2.41. The van der Waals surface area contributed by atoms with Crippen LogP contribution in [0.2, 0.25) is 0 Å². The molecular weight excluding hydrogens is 488 g/mol. The van der Waals surface area contributed by atoms with Crippen molar-refractivity contribution < 1.29 is 23.9 Å². The number of ketones is 1. The van der Waals surface area contributed by atoms with E-state index < -0.39 is 11.4 Å². The van der Waals surface area contributed by atoms with Crippen LogP contribution in [0.3, 0.4) is 0 Å². The zero-order chi connectivity index (χ0) is 29.5. The van der Waals surface area contributed by atoms with E-state index in [1.54, 1.807) is 6.92 Å². The Morgan fingerprint density at radius 2 is 1.54 bits per heavy atom. The third-order valence-electron chi connectivity index (χ3n) is 7.34. The average molecular weight is 539 g/mol. The van der Waals surface area contributed by atoms with Crippen molar-refractivity contribution in [3.63, 3.8) is 0 Å². The third kappa shape index (κ3) is 12.2. The minimum absolute atomic E-state index is 0.168. The van der Waals surface area contributed by atoms with E-state index in [2.05, 4.69) is 53.3 Å². The first-order valence-electron chi connectivity index (χ1n) is 14.2. The highest BCUT2D eigenvalue weighted by molar-refractivity contribution is 5.81. The Balaban J connectivity index is 3.10. The molecule has 216 valence electrons.